The van der Waals surface area contributed by atoms with E-state index in [9.17, 15) is 4.79 Å². The Hall–Kier alpha value is -2.24. The van der Waals surface area contributed by atoms with Gasteiger partial charge in [-0.3, -0.25) is 0 Å². The Bertz CT molecular complexity index is 420. The molecule has 0 saturated heterocycles. The molecule has 0 radical (unpaired) electrons. The van der Waals surface area contributed by atoms with Gasteiger partial charge in [0.1, 0.15) is 12.6 Å². The molecule has 0 aromatic heterocycles. The molecule has 1 aromatic carbocycles. The van der Waals surface area contributed by atoms with Crippen LogP contribution in [-0.2, 0) is 16.1 Å². The molecule has 0 saturated carbocycles. The highest BCUT2D eigenvalue weighted by molar-refractivity contribution is 5.84. The van der Waals surface area contributed by atoms with Crippen LogP contribution in [0.1, 0.15) is 19.4 Å². The van der Waals surface area contributed by atoms with E-state index < -0.39 is 12.1 Å². The number of carbonyl (C=O) groups is 1. The molecule has 1 rings (SSSR count). The Labute approximate surface area is 112 Å². The van der Waals surface area contributed by atoms with Gasteiger partial charge in [0.05, 0.1) is 6.61 Å². The lowest BCUT2D eigenvalue weighted by Crippen LogP contribution is -2.40. The Balaban J connectivity index is 2.38. The van der Waals surface area contributed by atoms with Gasteiger partial charge in [0.15, 0.2) is 0 Å². The standard InChI is InChI=1S/C13H18N2O4/c1-3-18-12(15-17)10(2)14-13(16)19-9-11-7-5-4-6-8-11/h4-8,10,17H,3,9H2,1-2H3,(H,14,16)/b15-12+. The number of hydrogen-bond acceptors (Lipinski definition) is 5. The predicted octanol–water partition coefficient (Wildman–Crippen LogP) is 2.13. The third-order valence-electron chi connectivity index (χ3n) is 2.31. The average Bonchev–Trinajstić information content (AvgIpc) is 2.43. The third-order valence-corrected chi connectivity index (χ3v) is 2.31. The molecule has 0 bridgehead atoms. The smallest absolute Gasteiger partial charge is 0.408 e. The van der Waals surface area contributed by atoms with E-state index >= 15 is 0 Å². The zero-order chi connectivity index (χ0) is 14.1. The van der Waals surface area contributed by atoms with Crippen molar-refractivity contribution in [2.24, 2.45) is 5.16 Å². The van der Waals surface area contributed by atoms with Crippen LogP contribution >= 0.6 is 0 Å². The summed E-state index contributed by atoms with van der Waals surface area (Å²) in [6.45, 7) is 3.92. The highest BCUT2D eigenvalue weighted by Gasteiger charge is 2.16. The molecule has 6 heteroatoms. The van der Waals surface area contributed by atoms with E-state index in [-0.39, 0.29) is 12.5 Å². The van der Waals surface area contributed by atoms with E-state index in [1.165, 1.54) is 0 Å². The number of oxime groups is 1. The molecule has 0 heterocycles. The number of nitrogens with one attached hydrogen (secondary N) is 1. The van der Waals surface area contributed by atoms with Gasteiger partial charge in [0, 0.05) is 0 Å². The summed E-state index contributed by atoms with van der Waals surface area (Å²) in [5.74, 6) is 0.0409. The lowest BCUT2D eigenvalue weighted by Gasteiger charge is -2.15. The summed E-state index contributed by atoms with van der Waals surface area (Å²) in [5.41, 5.74) is 0.895. The summed E-state index contributed by atoms with van der Waals surface area (Å²) in [4.78, 5) is 11.5. The minimum Gasteiger partial charge on any atom is -0.477 e. The van der Waals surface area contributed by atoms with Gasteiger partial charge >= 0.3 is 6.09 Å². The lowest BCUT2D eigenvalue weighted by molar-refractivity contribution is 0.137. The maximum absolute atomic E-state index is 11.5. The topological polar surface area (TPSA) is 80.2 Å². The molecule has 6 nitrogen and oxygen atoms in total. The van der Waals surface area contributed by atoms with Crippen LogP contribution in [0.5, 0.6) is 0 Å². The number of benzene rings is 1. The number of alkyl carbamates (subject to hydrolysis) is 1. The Morgan fingerprint density at radius 2 is 2.05 bits per heavy atom. The summed E-state index contributed by atoms with van der Waals surface area (Å²) >= 11 is 0. The van der Waals surface area contributed by atoms with Crippen LogP contribution in [0.2, 0.25) is 0 Å². The second-order valence-corrected chi connectivity index (χ2v) is 3.80. The van der Waals surface area contributed by atoms with Gasteiger partial charge in [-0.1, -0.05) is 35.5 Å². The number of ether oxygens (including phenoxy) is 2. The van der Waals surface area contributed by atoms with Crippen molar-refractivity contribution in [3.05, 3.63) is 35.9 Å². The molecule has 104 valence electrons. The van der Waals surface area contributed by atoms with Gasteiger partial charge in [-0.25, -0.2) is 4.79 Å². The van der Waals surface area contributed by atoms with Crippen LogP contribution in [0, 0.1) is 0 Å². The highest BCUT2D eigenvalue weighted by atomic mass is 16.6. The molecule has 2 N–H and O–H groups in total. The summed E-state index contributed by atoms with van der Waals surface area (Å²) in [7, 11) is 0. The molecule has 0 aliphatic carbocycles. The molecule has 1 unspecified atom stereocenters. The first-order valence-corrected chi connectivity index (χ1v) is 5.99. The van der Waals surface area contributed by atoms with E-state index in [2.05, 4.69) is 10.5 Å². The molecular weight excluding hydrogens is 248 g/mol. The number of hydrogen-bond donors (Lipinski definition) is 2. The molecular formula is C13H18N2O4. The van der Waals surface area contributed by atoms with E-state index in [0.717, 1.165) is 5.56 Å². The quantitative estimate of drug-likeness (QED) is 0.370. The van der Waals surface area contributed by atoms with Crippen molar-refractivity contribution >= 4 is 12.0 Å². The Morgan fingerprint density at radius 3 is 2.63 bits per heavy atom. The Morgan fingerprint density at radius 1 is 1.37 bits per heavy atom. The van der Waals surface area contributed by atoms with Crippen LogP contribution in [-0.4, -0.2) is 29.8 Å². The largest absolute Gasteiger partial charge is 0.477 e. The number of rotatable bonds is 5. The van der Waals surface area contributed by atoms with E-state index in [4.69, 9.17) is 14.7 Å². The second-order valence-electron chi connectivity index (χ2n) is 3.80. The summed E-state index contributed by atoms with van der Waals surface area (Å²) in [5, 5.41) is 14.2. The van der Waals surface area contributed by atoms with Crippen LogP contribution in [0.3, 0.4) is 0 Å². The fourth-order valence-electron chi connectivity index (χ4n) is 1.39. The van der Waals surface area contributed by atoms with E-state index in [1.54, 1.807) is 13.8 Å². The van der Waals surface area contributed by atoms with E-state index in [1.807, 2.05) is 30.3 Å². The molecule has 0 spiro atoms. The summed E-state index contributed by atoms with van der Waals surface area (Å²) in [6, 6.07) is 8.77. The maximum Gasteiger partial charge on any atom is 0.408 e. The van der Waals surface area contributed by atoms with Gasteiger partial charge in [-0.15, -0.1) is 0 Å². The van der Waals surface area contributed by atoms with Crippen molar-refractivity contribution in [1.29, 1.82) is 0 Å². The zero-order valence-corrected chi connectivity index (χ0v) is 11.0. The molecule has 1 amide bonds. The fraction of sp³-hybridized carbons (Fsp3) is 0.385. The number of amides is 1. The van der Waals surface area contributed by atoms with Crippen LogP contribution in [0.15, 0.2) is 35.5 Å². The average molecular weight is 266 g/mol. The van der Waals surface area contributed by atoms with Gasteiger partial charge in [0.2, 0.25) is 5.90 Å². The number of carbonyl (C=O) groups excluding carboxylic acids is 1. The second kappa shape index (κ2) is 7.97. The van der Waals surface area contributed by atoms with Crippen LogP contribution < -0.4 is 5.32 Å². The van der Waals surface area contributed by atoms with Gasteiger partial charge < -0.3 is 20.0 Å². The fourth-order valence-corrected chi connectivity index (χ4v) is 1.39. The molecule has 19 heavy (non-hydrogen) atoms. The van der Waals surface area contributed by atoms with Crippen molar-refractivity contribution in [3.8, 4) is 0 Å². The van der Waals surface area contributed by atoms with Gasteiger partial charge in [-0.05, 0) is 19.4 Å². The molecule has 0 fully saturated rings. The van der Waals surface area contributed by atoms with Crippen molar-refractivity contribution in [2.75, 3.05) is 6.61 Å². The SMILES string of the molecule is CCO/C(=N/O)C(C)NC(=O)OCc1ccccc1. The van der Waals surface area contributed by atoms with Gasteiger partial charge in [-0.2, -0.15) is 0 Å². The molecule has 1 atom stereocenters. The van der Waals surface area contributed by atoms with Crippen molar-refractivity contribution in [1.82, 2.24) is 5.32 Å². The Kier molecular flexibility index (Phi) is 6.21. The van der Waals surface area contributed by atoms with Gasteiger partial charge in [0.25, 0.3) is 0 Å². The summed E-state index contributed by atoms with van der Waals surface area (Å²) in [6.07, 6.45) is -0.600. The first-order chi connectivity index (χ1) is 9.17. The van der Waals surface area contributed by atoms with Crippen LogP contribution in [0.4, 0.5) is 4.79 Å². The third kappa shape index (κ3) is 5.29. The highest BCUT2D eigenvalue weighted by Crippen LogP contribution is 2.01. The molecule has 0 aliphatic heterocycles. The summed E-state index contributed by atoms with van der Waals surface area (Å²) < 4.78 is 10.1. The monoisotopic (exact) mass is 266 g/mol. The van der Waals surface area contributed by atoms with Crippen molar-refractivity contribution < 1.29 is 19.5 Å². The molecule has 1 aromatic rings. The minimum atomic E-state index is -0.600. The number of nitrogens with zero attached hydrogens (tertiary/aromatic N) is 1. The van der Waals surface area contributed by atoms with Crippen molar-refractivity contribution in [3.63, 3.8) is 0 Å². The minimum absolute atomic E-state index is 0.0409. The lowest BCUT2D eigenvalue weighted by atomic mass is 10.2. The molecule has 0 aliphatic rings. The van der Waals surface area contributed by atoms with Crippen LogP contribution in [0.25, 0.3) is 0 Å². The predicted molar refractivity (Wildman–Crippen MR) is 70.1 cm³/mol. The maximum atomic E-state index is 11.5. The van der Waals surface area contributed by atoms with Crippen molar-refractivity contribution in [2.45, 2.75) is 26.5 Å². The first-order valence-electron chi connectivity index (χ1n) is 5.99. The first kappa shape index (κ1) is 14.8. The van der Waals surface area contributed by atoms with E-state index in [0.29, 0.717) is 6.61 Å². The zero-order valence-electron chi connectivity index (χ0n) is 11.0. The normalized spacial score (nSPS) is 12.6.